The second-order valence-electron chi connectivity index (χ2n) is 6.01. The molecular formula is C15H28N2. The summed E-state index contributed by atoms with van der Waals surface area (Å²) in [4.78, 5) is 4.90. The Morgan fingerprint density at radius 3 is 1.00 bits per heavy atom. The lowest BCUT2D eigenvalue weighted by atomic mass is 10.2. The summed E-state index contributed by atoms with van der Waals surface area (Å²) in [5.41, 5.74) is 6.11. The molecule has 0 spiro atoms. The van der Waals surface area contributed by atoms with Gasteiger partial charge in [0.1, 0.15) is 11.4 Å². The van der Waals surface area contributed by atoms with Crippen LogP contribution in [0.15, 0.2) is 17.1 Å². The highest BCUT2D eigenvalue weighted by molar-refractivity contribution is 5.43. The van der Waals surface area contributed by atoms with E-state index in [-0.39, 0.29) is 0 Å². The Balaban J connectivity index is 2.73. The highest BCUT2D eigenvalue weighted by Gasteiger charge is 2.32. The Hall–Kier alpha value is -0.880. The summed E-state index contributed by atoms with van der Waals surface area (Å²) in [6.45, 7) is 18.0. The molecule has 1 rings (SSSR count). The molecule has 0 saturated carbocycles. The van der Waals surface area contributed by atoms with Crippen molar-refractivity contribution in [3.8, 4) is 0 Å². The Labute approximate surface area is 107 Å². The third kappa shape index (κ3) is 3.07. The highest BCUT2D eigenvalue weighted by atomic mass is 15.3. The van der Waals surface area contributed by atoms with E-state index in [1.165, 1.54) is 11.4 Å². The third-order valence-electron chi connectivity index (χ3n) is 3.14. The van der Waals surface area contributed by atoms with E-state index in [1.807, 2.05) is 0 Å². The van der Waals surface area contributed by atoms with Gasteiger partial charge < -0.3 is 9.80 Å². The minimum atomic E-state index is 0.538. The van der Waals surface area contributed by atoms with Crippen LogP contribution in [0.3, 0.4) is 0 Å². The van der Waals surface area contributed by atoms with Gasteiger partial charge in [-0.1, -0.05) is 5.73 Å². The van der Waals surface area contributed by atoms with E-state index in [1.54, 1.807) is 0 Å². The van der Waals surface area contributed by atoms with E-state index < -0.39 is 0 Å². The second-order valence-corrected chi connectivity index (χ2v) is 6.01. The van der Waals surface area contributed by atoms with E-state index in [0.29, 0.717) is 24.2 Å². The normalized spacial score (nSPS) is 14.6. The molecule has 0 aromatic carbocycles. The van der Waals surface area contributed by atoms with Crippen molar-refractivity contribution in [3.63, 3.8) is 0 Å². The zero-order chi connectivity index (χ0) is 13.3. The maximum Gasteiger partial charge on any atom is 0.115 e. The average Bonchev–Trinajstić information content (AvgIpc) is 2.81. The van der Waals surface area contributed by atoms with Gasteiger partial charge in [-0.3, -0.25) is 0 Å². The molecule has 0 saturated heterocycles. The standard InChI is InChI=1S/C15H28N2/c1-10(2)16(11(3)4)14-9-15(14)17(12(5)6)13(7)8/h10-13H,1-8H3. The van der Waals surface area contributed by atoms with Gasteiger partial charge in [-0.05, 0) is 55.4 Å². The van der Waals surface area contributed by atoms with Crippen molar-refractivity contribution in [1.29, 1.82) is 0 Å². The zero-order valence-corrected chi connectivity index (χ0v) is 12.7. The van der Waals surface area contributed by atoms with E-state index in [9.17, 15) is 0 Å². The van der Waals surface area contributed by atoms with Crippen LogP contribution in [0.5, 0.6) is 0 Å². The van der Waals surface area contributed by atoms with Crippen molar-refractivity contribution < 1.29 is 0 Å². The molecule has 0 unspecified atom stereocenters. The molecule has 1 aliphatic carbocycles. The molecule has 0 aromatic rings. The van der Waals surface area contributed by atoms with Gasteiger partial charge in [0.25, 0.3) is 0 Å². The first-order chi connectivity index (χ1) is 7.77. The number of hydrogen-bond acceptors (Lipinski definition) is 2. The lowest BCUT2D eigenvalue weighted by molar-refractivity contribution is 0.203. The largest absolute Gasteiger partial charge is 0.358 e. The molecule has 0 radical (unpaired) electrons. The fourth-order valence-corrected chi connectivity index (χ4v) is 2.68. The van der Waals surface area contributed by atoms with Crippen LogP contribution in [0.25, 0.3) is 0 Å². The predicted octanol–water partition coefficient (Wildman–Crippen LogP) is 3.60. The summed E-state index contributed by atoms with van der Waals surface area (Å²) in [6.07, 6.45) is 0. The third-order valence-corrected chi connectivity index (χ3v) is 3.14. The summed E-state index contributed by atoms with van der Waals surface area (Å²) in [5.74, 6) is 0. The molecular weight excluding hydrogens is 208 g/mol. The Morgan fingerprint density at radius 2 is 0.824 bits per heavy atom. The van der Waals surface area contributed by atoms with Crippen molar-refractivity contribution in [3.05, 3.63) is 17.1 Å². The van der Waals surface area contributed by atoms with Gasteiger partial charge in [-0.25, -0.2) is 0 Å². The highest BCUT2D eigenvalue weighted by Crippen LogP contribution is 2.34. The topological polar surface area (TPSA) is 6.48 Å². The molecule has 0 aromatic heterocycles. The number of nitrogens with zero attached hydrogens (tertiary/aromatic N) is 2. The lowest BCUT2D eigenvalue weighted by Crippen LogP contribution is -2.39. The van der Waals surface area contributed by atoms with Gasteiger partial charge in [0.15, 0.2) is 0 Å². The summed E-state index contributed by atoms with van der Waals surface area (Å²) < 4.78 is 0. The van der Waals surface area contributed by atoms with E-state index in [2.05, 4.69) is 70.9 Å². The Bertz CT molecular complexity index is 285. The SMILES string of the molecule is CC(C)N(C1=C=C1N(C(C)C)C(C)C)C(C)C. The molecule has 0 aliphatic heterocycles. The van der Waals surface area contributed by atoms with Crippen LogP contribution in [0.2, 0.25) is 0 Å². The fourth-order valence-electron chi connectivity index (χ4n) is 2.68. The monoisotopic (exact) mass is 236 g/mol. The smallest absolute Gasteiger partial charge is 0.115 e. The molecule has 98 valence electrons. The maximum absolute atomic E-state index is 3.48. The number of rotatable bonds is 6. The van der Waals surface area contributed by atoms with Crippen LogP contribution in [0.1, 0.15) is 55.4 Å². The Kier molecular flexibility index (Phi) is 4.32. The van der Waals surface area contributed by atoms with Gasteiger partial charge >= 0.3 is 0 Å². The van der Waals surface area contributed by atoms with E-state index in [4.69, 9.17) is 0 Å². The molecule has 17 heavy (non-hydrogen) atoms. The first kappa shape index (κ1) is 14.2. The second kappa shape index (κ2) is 5.18. The van der Waals surface area contributed by atoms with Crippen LogP contribution >= 0.6 is 0 Å². The van der Waals surface area contributed by atoms with E-state index >= 15 is 0 Å². The molecule has 0 heterocycles. The van der Waals surface area contributed by atoms with Gasteiger partial charge in [0, 0.05) is 24.2 Å². The average molecular weight is 236 g/mol. The van der Waals surface area contributed by atoms with Crippen LogP contribution < -0.4 is 0 Å². The fraction of sp³-hybridized carbons (Fsp3) is 0.800. The molecule has 0 bridgehead atoms. The quantitative estimate of drug-likeness (QED) is 0.650. The summed E-state index contributed by atoms with van der Waals surface area (Å²) in [5, 5.41) is 0. The summed E-state index contributed by atoms with van der Waals surface area (Å²) >= 11 is 0. The summed E-state index contributed by atoms with van der Waals surface area (Å²) in [7, 11) is 0. The van der Waals surface area contributed by atoms with Crippen LogP contribution in [0, 0.1) is 0 Å². The first-order valence-electron chi connectivity index (χ1n) is 6.85. The molecule has 0 N–H and O–H groups in total. The molecule has 0 fully saturated rings. The van der Waals surface area contributed by atoms with Crippen LogP contribution in [0.4, 0.5) is 0 Å². The van der Waals surface area contributed by atoms with Gasteiger partial charge in [-0.15, -0.1) is 0 Å². The maximum atomic E-state index is 3.48. The van der Waals surface area contributed by atoms with Crippen molar-refractivity contribution >= 4 is 0 Å². The number of hydrogen-bond donors (Lipinski definition) is 0. The minimum absolute atomic E-state index is 0.538. The predicted molar refractivity (Wildman–Crippen MR) is 74.8 cm³/mol. The first-order valence-corrected chi connectivity index (χ1v) is 6.85. The zero-order valence-electron chi connectivity index (χ0n) is 12.7. The molecule has 2 heteroatoms. The lowest BCUT2D eigenvalue weighted by Gasteiger charge is -2.36. The summed E-state index contributed by atoms with van der Waals surface area (Å²) in [6, 6.07) is 2.15. The van der Waals surface area contributed by atoms with E-state index in [0.717, 1.165) is 0 Å². The van der Waals surface area contributed by atoms with Gasteiger partial charge in [-0.2, -0.15) is 0 Å². The van der Waals surface area contributed by atoms with Crippen LogP contribution in [-0.4, -0.2) is 34.0 Å². The molecule has 2 nitrogen and oxygen atoms in total. The molecule has 1 aliphatic rings. The minimum Gasteiger partial charge on any atom is -0.358 e. The van der Waals surface area contributed by atoms with Gasteiger partial charge in [0.05, 0.1) is 0 Å². The van der Waals surface area contributed by atoms with Crippen molar-refractivity contribution in [2.45, 2.75) is 79.6 Å². The van der Waals surface area contributed by atoms with Crippen molar-refractivity contribution in [1.82, 2.24) is 9.80 Å². The van der Waals surface area contributed by atoms with Gasteiger partial charge in [0.2, 0.25) is 0 Å². The molecule has 0 amide bonds. The van der Waals surface area contributed by atoms with Crippen LogP contribution in [-0.2, 0) is 0 Å². The van der Waals surface area contributed by atoms with Crippen molar-refractivity contribution in [2.75, 3.05) is 0 Å². The van der Waals surface area contributed by atoms with Crippen molar-refractivity contribution in [2.24, 2.45) is 0 Å². The Morgan fingerprint density at radius 1 is 0.588 bits per heavy atom. The molecule has 0 atom stereocenters.